The number of piperazine rings is 1. The molecule has 0 amide bonds. The largest absolute Gasteiger partial charge is 0.508 e. The number of hydrogen-bond donors (Lipinski definition) is 2. The molecule has 4 aliphatic rings. The maximum absolute atomic E-state index is 15.0. The van der Waals surface area contributed by atoms with Gasteiger partial charge >= 0.3 is 6.01 Å². The number of thioether (sulfide) groups is 1. The van der Waals surface area contributed by atoms with Gasteiger partial charge in [0, 0.05) is 72.3 Å². The van der Waals surface area contributed by atoms with Crippen LogP contribution in [0.1, 0.15) is 37.7 Å². The average molecular weight is 643 g/mol. The van der Waals surface area contributed by atoms with Crippen LogP contribution >= 0.6 is 11.8 Å². The Balaban J connectivity index is 1.24. The molecule has 0 radical (unpaired) electrons. The van der Waals surface area contributed by atoms with E-state index in [0.29, 0.717) is 64.6 Å². The molecule has 5 heterocycles. The summed E-state index contributed by atoms with van der Waals surface area (Å²) in [4.78, 5) is 20.2. The summed E-state index contributed by atoms with van der Waals surface area (Å²) in [7, 11) is 0. The molecule has 2 bridgehead atoms. The molecule has 2 N–H and O–H groups in total. The van der Waals surface area contributed by atoms with Crippen molar-refractivity contribution in [3.63, 3.8) is 0 Å². The third-order valence-electron chi connectivity index (χ3n) is 10.1. The molecule has 1 saturated carbocycles. The number of pyridine rings is 1. The van der Waals surface area contributed by atoms with Gasteiger partial charge in [-0.3, -0.25) is 4.90 Å². The molecule has 0 spiro atoms. The highest BCUT2D eigenvalue weighted by molar-refractivity contribution is 7.99. The third-order valence-corrected chi connectivity index (χ3v) is 10.9. The van der Waals surface area contributed by atoms with Crippen LogP contribution in [-0.4, -0.2) is 88.8 Å². The van der Waals surface area contributed by atoms with E-state index in [4.69, 9.17) is 26.1 Å². The summed E-state index contributed by atoms with van der Waals surface area (Å²) in [5.74, 6) is 2.79. The minimum absolute atomic E-state index is 0.0185. The highest BCUT2D eigenvalue weighted by Gasteiger charge is 2.46. The van der Waals surface area contributed by atoms with Crippen molar-refractivity contribution < 1.29 is 18.6 Å². The van der Waals surface area contributed by atoms with E-state index in [1.54, 1.807) is 24.4 Å². The van der Waals surface area contributed by atoms with Crippen LogP contribution in [0.15, 0.2) is 35.4 Å². The molecule has 46 heavy (non-hydrogen) atoms. The minimum Gasteiger partial charge on any atom is -0.508 e. The molecule has 2 unspecified atom stereocenters. The lowest BCUT2D eigenvalue weighted by molar-refractivity contribution is 0.165. The van der Waals surface area contributed by atoms with Gasteiger partial charge in [0.2, 0.25) is 0 Å². The monoisotopic (exact) mass is 642 g/mol. The molecule has 2 aromatic carbocycles. The Bertz CT molecular complexity index is 1880. The maximum Gasteiger partial charge on any atom is 0.319 e. The molecule has 3 saturated heterocycles. The second-order valence-corrected chi connectivity index (χ2v) is 14.2. The number of anilines is 1. The molecule has 8 nitrogen and oxygen atoms in total. The Morgan fingerprint density at radius 1 is 1.11 bits per heavy atom. The highest BCUT2D eigenvalue weighted by atomic mass is 32.2. The number of halogens is 2. The standard InChI is InChI=1S/C35H36F2N6O2S/c1-3-25-28(37)7-4-20-12-24(44)13-26(29(20)25)27-14-38-31-30(32(27)46-2)40-34(41-33(31)43-16-22-5-6-23(17-43)39-22)45-19-35(9-10-35)18-42-11-8-21(36)15-42/h1,4,7,12-14,21-23,39,44H,5-6,8-11,15-19H2,2H3/t21-,22?,23?/m1/s1. The molecular weight excluding hydrogens is 606 g/mol. The van der Waals surface area contributed by atoms with Crippen molar-refractivity contribution in [1.29, 1.82) is 0 Å². The first-order valence-corrected chi connectivity index (χ1v) is 17.2. The number of alkyl halides is 1. The van der Waals surface area contributed by atoms with Gasteiger partial charge < -0.3 is 20.1 Å². The average Bonchev–Trinajstić information content (AvgIpc) is 3.57. The van der Waals surface area contributed by atoms with E-state index >= 15 is 0 Å². The third kappa shape index (κ3) is 5.30. The van der Waals surface area contributed by atoms with Crippen LogP contribution in [0.25, 0.3) is 32.9 Å². The second kappa shape index (κ2) is 11.5. The fourth-order valence-corrected chi connectivity index (χ4v) is 8.31. The van der Waals surface area contributed by atoms with E-state index < -0.39 is 12.0 Å². The summed E-state index contributed by atoms with van der Waals surface area (Å²) in [5.41, 5.74) is 2.69. The normalized spacial score (nSPS) is 23.7. The Morgan fingerprint density at radius 3 is 2.61 bits per heavy atom. The van der Waals surface area contributed by atoms with Crippen molar-refractivity contribution >= 4 is 39.4 Å². The van der Waals surface area contributed by atoms with E-state index in [1.807, 2.05) is 6.26 Å². The number of likely N-dealkylation sites (tertiary alicyclic amines) is 1. The lowest BCUT2D eigenvalue weighted by atomic mass is 9.94. The molecule has 238 valence electrons. The number of nitrogens with zero attached hydrogens (tertiary/aromatic N) is 5. The first kappa shape index (κ1) is 29.7. The molecule has 1 aliphatic carbocycles. The number of rotatable bonds is 8. The summed E-state index contributed by atoms with van der Waals surface area (Å²) < 4.78 is 35.3. The highest BCUT2D eigenvalue weighted by Crippen LogP contribution is 2.48. The number of fused-ring (bicyclic) bond motifs is 4. The molecular formula is C35H36F2N6O2S. The number of phenols is 1. The first-order valence-electron chi connectivity index (χ1n) is 16.0. The van der Waals surface area contributed by atoms with Crippen molar-refractivity contribution in [1.82, 2.24) is 25.2 Å². The van der Waals surface area contributed by atoms with Crippen molar-refractivity contribution in [3.8, 4) is 35.2 Å². The minimum atomic E-state index is -0.749. The van der Waals surface area contributed by atoms with Crippen LogP contribution in [0.5, 0.6) is 11.8 Å². The summed E-state index contributed by atoms with van der Waals surface area (Å²) in [6.45, 7) is 4.17. The van der Waals surface area contributed by atoms with Gasteiger partial charge in [0.1, 0.15) is 28.8 Å². The zero-order valence-corrected chi connectivity index (χ0v) is 26.5. The molecule has 4 fully saturated rings. The van der Waals surface area contributed by atoms with Crippen molar-refractivity contribution in [2.45, 2.75) is 55.3 Å². The van der Waals surface area contributed by atoms with Gasteiger partial charge in [-0.1, -0.05) is 12.0 Å². The van der Waals surface area contributed by atoms with E-state index in [0.717, 1.165) is 62.6 Å². The molecule has 4 aromatic rings. The fraction of sp³-hybridized carbons (Fsp3) is 0.457. The number of benzene rings is 2. The maximum atomic E-state index is 15.0. The van der Waals surface area contributed by atoms with E-state index in [9.17, 15) is 13.9 Å². The SMILES string of the molecule is C#Cc1c(F)ccc2cc(O)cc(-c3cnc4c(N5CC6CCC(C5)N6)nc(OCC5(CN6CC[C@@H](F)C6)CC5)nc4c3SC)c12. The van der Waals surface area contributed by atoms with Gasteiger partial charge in [0.25, 0.3) is 0 Å². The van der Waals surface area contributed by atoms with Gasteiger partial charge in [-0.15, -0.1) is 18.2 Å². The number of ether oxygens (including phenoxy) is 1. The van der Waals surface area contributed by atoms with E-state index in [-0.39, 0.29) is 22.7 Å². The number of phenolic OH excluding ortho intramolecular Hbond substituents is 1. The zero-order valence-electron chi connectivity index (χ0n) is 25.7. The van der Waals surface area contributed by atoms with Crippen molar-refractivity contribution in [2.24, 2.45) is 5.41 Å². The topological polar surface area (TPSA) is 86.6 Å². The quantitative estimate of drug-likeness (QED) is 0.190. The molecule has 11 heteroatoms. The molecule has 3 aliphatic heterocycles. The van der Waals surface area contributed by atoms with Gasteiger partial charge in [-0.2, -0.15) is 9.97 Å². The number of terminal acetylenes is 1. The zero-order chi connectivity index (χ0) is 31.6. The lowest BCUT2D eigenvalue weighted by Gasteiger charge is -2.34. The number of aromatic hydroxyl groups is 1. The molecule has 3 atom stereocenters. The summed E-state index contributed by atoms with van der Waals surface area (Å²) in [5, 5.41) is 15.6. The van der Waals surface area contributed by atoms with Crippen LogP contribution in [0.2, 0.25) is 0 Å². The second-order valence-electron chi connectivity index (χ2n) is 13.3. The number of hydrogen-bond acceptors (Lipinski definition) is 9. The van der Waals surface area contributed by atoms with Crippen LogP contribution in [0, 0.1) is 23.6 Å². The van der Waals surface area contributed by atoms with E-state index in [1.165, 1.54) is 17.8 Å². The van der Waals surface area contributed by atoms with Gasteiger partial charge in [0.05, 0.1) is 12.2 Å². The van der Waals surface area contributed by atoms with Crippen LogP contribution in [-0.2, 0) is 0 Å². The van der Waals surface area contributed by atoms with Gasteiger partial charge in [-0.05, 0) is 67.5 Å². The summed E-state index contributed by atoms with van der Waals surface area (Å²) in [6.07, 6.45) is 13.7. The lowest BCUT2D eigenvalue weighted by Crippen LogP contribution is -2.51. The summed E-state index contributed by atoms with van der Waals surface area (Å²) in [6, 6.07) is 7.20. The van der Waals surface area contributed by atoms with Crippen LogP contribution in [0.3, 0.4) is 0 Å². The summed E-state index contributed by atoms with van der Waals surface area (Å²) >= 11 is 1.50. The van der Waals surface area contributed by atoms with Crippen LogP contribution in [0.4, 0.5) is 14.6 Å². The van der Waals surface area contributed by atoms with Gasteiger partial charge in [-0.25, -0.2) is 13.8 Å². The Kier molecular flexibility index (Phi) is 7.42. The fourth-order valence-electron chi connectivity index (χ4n) is 7.59. The van der Waals surface area contributed by atoms with E-state index in [2.05, 4.69) is 21.0 Å². The van der Waals surface area contributed by atoms with Gasteiger partial charge in [0.15, 0.2) is 5.82 Å². The van der Waals surface area contributed by atoms with Crippen LogP contribution < -0.4 is 15.0 Å². The Morgan fingerprint density at radius 2 is 1.91 bits per heavy atom. The molecule has 8 rings (SSSR count). The predicted molar refractivity (Wildman–Crippen MR) is 177 cm³/mol. The number of aromatic nitrogens is 3. The first-order chi connectivity index (χ1) is 22.3. The van der Waals surface area contributed by atoms with Crippen molar-refractivity contribution in [3.05, 3.63) is 41.8 Å². The van der Waals surface area contributed by atoms with Crippen molar-refractivity contribution in [2.75, 3.05) is 50.5 Å². The predicted octanol–water partition coefficient (Wildman–Crippen LogP) is 5.54. The number of nitrogens with one attached hydrogen (secondary N) is 1. The Hall–Kier alpha value is -3.72. The Labute approximate surface area is 270 Å². The molecule has 2 aromatic heterocycles. The smallest absolute Gasteiger partial charge is 0.319 e.